The molecule has 0 radical (unpaired) electrons. The van der Waals surface area contributed by atoms with Gasteiger partial charge in [0.2, 0.25) is 11.8 Å². The molecular weight excluding hydrogens is 324 g/mol. The van der Waals surface area contributed by atoms with E-state index in [1.807, 2.05) is 6.92 Å². The predicted octanol–water partition coefficient (Wildman–Crippen LogP) is 0.199. The van der Waals surface area contributed by atoms with Crippen molar-refractivity contribution in [1.82, 2.24) is 10.6 Å². The fourth-order valence-electron chi connectivity index (χ4n) is 2.36. The topological polar surface area (TPSA) is 148 Å². The maximum atomic E-state index is 12.5. The molecule has 0 aliphatic rings. The first-order chi connectivity index (χ1) is 11.6. The standard InChI is InChI=1S/C17H34N4O4/c1-5-11(4)14(17(24)25)21-16(23)13(10(2)3)20-15(22)12(19)8-6-7-9-18/h10-14H,5-9,18-19H2,1-4H3,(H,20,22)(H,21,23)(H,24,25). The van der Waals surface area contributed by atoms with Gasteiger partial charge in [-0.25, -0.2) is 4.79 Å². The minimum absolute atomic E-state index is 0.202. The Kier molecular flexibility index (Phi) is 11.0. The number of nitrogens with one attached hydrogen (secondary N) is 2. The van der Waals surface area contributed by atoms with Crippen LogP contribution in [0.3, 0.4) is 0 Å². The lowest BCUT2D eigenvalue weighted by molar-refractivity contribution is -0.144. The number of unbranched alkanes of at least 4 members (excludes halogenated alkanes) is 1. The van der Waals surface area contributed by atoms with Gasteiger partial charge < -0.3 is 27.2 Å². The first-order valence-electron chi connectivity index (χ1n) is 8.94. The van der Waals surface area contributed by atoms with Crippen LogP contribution in [0.4, 0.5) is 0 Å². The molecular formula is C17H34N4O4. The molecule has 4 atom stereocenters. The van der Waals surface area contributed by atoms with Crippen LogP contribution < -0.4 is 22.1 Å². The van der Waals surface area contributed by atoms with E-state index in [0.717, 1.165) is 12.8 Å². The minimum atomic E-state index is -1.09. The third-order valence-electron chi connectivity index (χ3n) is 4.33. The van der Waals surface area contributed by atoms with Crippen molar-refractivity contribution in [3.8, 4) is 0 Å². The number of carbonyl (C=O) groups excluding carboxylic acids is 2. The average Bonchev–Trinajstić information content (AvgIpc) is 2.55. The number of carboxylic acid groups (broad SMARTS) is 1. The number of rotatable bonds is 12. The van der Waals surface area contributed by atoms with E-state index in [2.05, 4.69) is 10.6 Å². The molecule has 0 aliphatic carbocycles. The summed E-state index contributed by atoms with van der Waals surface area (Å²) in [5, 5.41) is 14.5. The van der Waals surface area contributed by atoms with E-state index in [-0.39, 0.29) is 11.8 Å². The van der Waals surface area contributed by atoms with E-state index in [4.69, 9.17) is 11.5 Å². The lowest BCUT2D eigenvalue weighted by Gasteiger charge is -2.27. The van der Waals surface area contributed by atoms with E-state index >= 15 is 0 Å². The van der Waals surface area contributed by atoms with E-state index in [0.29, 0.717) is 19.4 Å². The van der Waals surface area contributed by atoms with Crippen LogP contribution in [0.1, 0.15) is 53.4 Å². The molecule has 0 aliphatic heterocycles. The van der Waals surface area contributed by atoms with Gasteiger partial charge in [-0.05, 0) is 31.2 Å². The van der Waals surface area contributed by atoms with Crippen LogP contribution in [0, 0.1) is 11.8 Å². The van der Waals surface area contributed by atoms with Crippen LogP contribution in [0.2, 0.25) is 0 Å². The quantitative estimate of drug-likeness (QED) is 0.315. The van der Waals surface area contributed by atoms with Crippen molar-refractivity contribution in [2.24, 2.45) is 23.3 Å². The second-order valence-corrected chi connectivity index (χ2v) is 6.83. The summed E-state index contributed by atoms with van der Waals surface area (Å²) in [5.74, 6) is -2.43. The molecule has 0 aromatic rings. The van der Waals surface area contributed by atoms with Crippen molar-refractivity contribution in [3.05, 3.63) is 0 Å². The molecule has 0 saturated carbocycles. The Morgan fingerprint density at radius 1 is 1.00 bits per heavy atom. The van der Waals surface area contributed by atoms with Gasteiger partial charge in [0.25, 0.3) is 0 Å². The SMILES string of the molecule is CCC(C)C(NC(=O)C(NC(=O)C(N)CCCCN)C(C)C)C(=O)O. The monoisotopic (exact) mass is 358 g/mol. The van der Waals surface area contributed by atoms with Gasteiger partial charge in [-0.2, -0.15) is 0 Å². The largest absolute Gasteiger partial charge is 0.480 e. The fraction of sp³-hybridized carbons (Fsp3) is 0.824. The lowest BCUT2D eigenvalue weighted by atomic mass is 9.97. The van der Waals surface area contributed by atoms with Crippen molar-refractivity contribution < 1.29 is 19.5 Å². The number of amides is 2. The van der Waals surface area contributed by atoms with Crippen LogP contribution in [-0.4, -0.2) is 47.6 Å². The second kappa shape index (κ2) is 11.8. The van der Waals surface area contributed by atoms with Crippen molar-refractivity contribution in [3.63, 3.8) is 0 Å². The Morgan fingerprint density at radius 3 is 2.00 bits per heavy atom. The van der Waals surface area contributed by atoms with E-state index in [1.165, 1.54) is 0 Å². The second-order valence-electron chi connectivity index (χ2n) is 6.83. The zero-order valence-corrected chi connectivity index (χ0v) is 15.7. The molecule has 0 aromatic heterocycles. The van der Waals surface area contributed by atoms with Crippen LogP contribution in [0.5, 0.6) is 0 Å². The molecule has 0 bridgehead atoms. The highest BCUT2D eigenvalue weighted by atomic mass is 16.4. The Hall–Kier alpha value is -1.67. The summed E-state index contributed by atoms with van der Waals surface area (Å²) in [7, 11) is 0. The summed E-state index contributed by atoms with van der Waals surface area (Å²) < 4.78 is 0. The number of carbonyl (C=O) groups is 3. The van der Waals surface area contributed by atoms with Crippen LogP contribution in [-0.2, 0) is 14.4 Å². The van der Waals surface area contributed by atoms with Gasteiger partial charge in [-0.1, -0.05) is 40.5 Å². The summed E-state index contributed by atoms with van der Waals surface area (Å²) in [6.45, 7) is 7.72. The lowest BCUT2D eigenvalue weighted by Crippen LogP contribution is -2.57. The molecule has 146 valence electrons. The Bertz CT molecular complexity index is 442. The molecule has 7 N–H and O–H groups in total. The molecule has 4 unspecified atom stereocenters. The van der Waals surface area contributed by atoms with Crippen molar-refractivity contribution in [1.29, 1.82) is 0 Å². The first-order valence-corrected chi connectivity index (χ1v) is 8.94. The number of aliphatic carboxylic acids is 1. The summed E-state index contributed by atoms with van der Waals surface area (Å²) in [6, 6.07) is -2.54. The highest BCUT2D eigenvalue weighted by Crippen LogP contribution is 2.10. The smallest absolute Gasteiger partial charge is 0.326 e. The van der Waals surface area contributed by atoms with E-state index in [1.54, 1.807) is 20.8 Å². The summed E-state index contributed by atoms with van der Waals surface area (Å²) in [4.78, 5) is 36.1. The Balaban J connectivity index is 4.89. The van der Waals surface area contributed by atoms with Crippen molar-refractivity contribution in [2.75, 3.05) is 6.54 Å². The van der Waals surface area contributed by atoms with Gasteiger partial charge in [0.15, 0.2) is 0 Å². The summed E-state index contributed by atoms with van der Waals surface area (Å²) in [5.41, 5.74) is 11.3. The van der Waals surface area contributed by atoms with Gasteiger partial charge in [0.1, 0.15) is 12.1 Å². The highest BCUT2D eigenvalue weighted by Gasteiger charge is 2.31. The summed E-state index contributed by atoms with van der Waals surface area (Å²) in [6.07, 6.45) is 2.62. The minimum Gasteiger partial charge on any atom is -0.480 e. The number of hydrogen-bond acceptors (Lipinski definition) is 5. The van der Waals surface area contributed by atoms with E-state index < -0.39 is 35.9 Å². The number of hydrogen-bond donors (Lipinski definition) is 5. The highest BCUT2D eigenvalue weighted by molar-refractivity contribution is 5.92. The van der Waals surface area contributed by atoms with Gasteiger partial charge >= 0.3 is 5.97 Å². The predicted molar refractivity (Wildman–Crippen MR) is 96.7 cm³/mol. The maximum Gasteiger partial charge on any atom is 0.326 e. The Morgan fingerprint density at radius 2 is 1.56 bits per heavy atom. The fourth-order valence-corrected chi connectivity index (χ4v) is 2.36. The zero-order valence-electron chi connectivity index (χ0n) is 15.7. The van der Waals surface area contributed by atoms with Crippen LogP contribution >= 0.6 is 0 Å². The van der Waals surface area contributed by atoms with Crippen molar-refractivity contribution >= 4 is 17.8 Å². The summed E-state index contributed by atoms with van der Waals surface area (Å²) >= 11 is 0. The van der Waals surface area contributed by atoms with Gasteiger partial charge in [0, 0.05) is 0 Å². The average molecular weight is 358 g/mol. The molecule has 0 aromatic carbocycles. The third kappa shape index (κ3) is 8.31. The van der Waals surface area contributed by atoms with Crippen molar-refractivity contribution in [2.45, 2.75) is 71.5 Å². The molecule has 0 fully saturated rings. The first kappa shape index (κ1) is 23.3. The van der Waals surface area contributed by atoms with Gasteiger partial charge in [0.05, 0.1) is 6.04 Å². The van der Waals surface area contributed by atoms with Gasteiger partial charge in [-0.15, -0.1) is 0 Å². The molecule has 0 spiro atoms. The molecule has 0 saturated heterocycles. The molecule has 8 heteroatoms. The van der Waals surface area contributed by atoms with Crippen LogP contribution in [0.25, 0.3) is 0 Å². The maximum absolute atomic E-state index is 12.5. The molecule has 2 amide bonds. The zero-order chi connectivity index (χ0) is 19.6. The number of nitrogens with two attached hydrogens (primary N) is 2. The van der Waals surface area contributed by atoms with E-state index in [9.17, 15) is 19.5 Å². The normalized spacial score (nSPS) is 16.0. The van der Waals surface area contributed by atoms with Gasteiger partial charge in [-0.3, -0.25) is 9.59 Å². The third-order valence-corrected chi connectivity index (χ3v) is 4.33. The molecule has 0 rings (SSSR count). The number of carboxylic acids is 1. The van der Waals surface area contributed by atoms with Crippen LogP contribution in [0.15, 0.2) is 0 Å². The molecule has 25 heavy (non-hydrogen) atoms. The Labute approximate surface area is 150 Å². The molecule has 0 heterocycles. The molecule has 8 nitrogen and oxygen atoms in total.